The topological polar surface area (TPSA) is 223 Å². The number of carbonyl (C=O) groups excluding carboxylic acids is 2. The lowest BCUT2D eigenvalue weighted by Gasteiger charge is -2.29. The molecule has 0 heterocycles. The third kappa shape index (κ3) is 10.1. The zero-order valence-electron chi connectivity index (χ0n) is 20.2. The van der Waals surface area contributed by atoms with Gasteiger partial charge in [-0.1, -0.05) is 12.1 Å². The lowest BCUT2D eigenvalue weighted by atomic mass is 10.0. The fourth-order valence-corrected chi connectivity index (χ4v) is 5.97. The molecule has 2 atom stereocenters. The van der Waals surface area contributed by atoms with Gasteiger partial charge in [-0.25, -0.2) is 0 Å². The average Bonchev–Trinajstić information content (AvgIpc) is 2.80. The van der Waals surface area contributed by atoms with Gasteiger partial charge in [-0.15, -0.1) is 23.2 Å². The second-order valence-corrected chi connectivity index (χ2v) is 13.1. The third-order valence-corrected chi connectivity index (χ3v) is 9.69. The van der Waals surface area contributed by atoms with Crippen LogP contribution in [0.1, 0.15) is 25.3 Å². The first-order chi connectivity index (χ1) is 17.1. The minimum Gasteiger partial charge on any atom is -0.369 e. The predicted octanol–water partition coefficient (Wildman–Crippen LogP) is 0.243. The van der Waals surface area contributed by atoms with Crippen molar-refractivity contribution in [3.63, 3.8) is 0 Å². The molecule has 0 fully saturated rings. The molecule has 1 rings (SSSR count). The maximum absolute atomic E-state index is 12.4. The fraction of sp³-hybridized carbons (Fsp3) is 0.600. The van der Waals surface area contributed by atoms with E-state index in [-0.39, 0.29) is 19.4 Å². The Morgan fingerprint density at radius 1 is 1.03 bits per heavy atom. The van der Waals surface area contributed by atoms with Crippen molar-refractivity contribution >= 4 is 55.9 Å². The molecule has 2 unspecified atom stereocenters. The van der Waals surface area contributed by atoms with Gasteiger partial charge < -0.3 is 45.9 Å². The zero-order chi connectivity index (χ0) is 28.4. The average molecular weight is 607 g/mol. The van der Waals surface area contributed by atoms with Crippen molar-refractivity contribution < 1.29 is 43.4 Å². The predicted molar refractivity (Wildman–Crippen MR) is 141 cm³/mol. The number of amides is 2. The second kappa shape index (κ2) is 14.8. The summed E-state index contributed by atoms with van der Waals surface area (Å²) in [5.41, 5.74) is 7.70. The Morgan fingerprint density at radius 2 is 1.54 bits per heavy atom. The van der Waals surface area contributed by atoms with Gasteiger partial charge in [-0.05, 0) is 37.5 Å². The molecule has 0 bridgehead atoms. The highest BCUT2D eigenvalue weighted by Gasteiger charge is 2.58. The van der Waals surface area contributed by atoms with Crippen LogP contribution in [0, 0.1) is 0 Å². The number of halogens is 2. The van der Waals surface area contributed by atoms with E-state index in [2.05, 4.69) is 10.6 Å². The Hall–Kier alpha value is -1.24. The molecule has 0 saturated carbocycles. The Kier molecular flexibility index (Phi) is 13.5. The monoisotopic (exact) mass is 606 g/mol. The molecule has 0 spiro atoms. The maximum Gasteiger partial charge on any atom is 0.369 e. The molecule has 13 nitrogen and oxygen atoms in total. The van der Waals surface area contributed by atoms with Crippen molar-refractivity contribution in [3.05, 3.63) is 29.8 Å². The molecule has 2 amide bonds. The number of benzene rings is 1. The molecule has 0 aliphatic rings. The summed E-state index contributed by atoms with van der Waals surface area (Å²) in [6, 6.07) is 5.41. The van der Waals surface area contributed by atoms with Crippen LogP contribution in [0.2, 0.25) is 0 Å². The quantitative estimate of drug-likeness (QED) is 0.0722. The number of hydrogen-bond acceptors (Lipinski definition) is 7. The number of nitrogens with one attached hydrogen (secondary N) is 2. The van der Waals surface area contributed by atoms with Crippen molar-refractivity contribution in [1.29, 1.82) is 0 Å². The summed E-state index contributed by atoms with van der Waals surface area (Å²) < 4.78 is 22.7. The molecular weight excluding hydrogens is 573 g/mol. The van der Waals surface area contributed by atoms with E-state index in [9.17, 15) is 23.8 Å². The minimum absolute atomic E-state index is 0.203. The van der Waals surface area contributed by atoms with E-state index < -0.39 is 50.6 Å². The van der Waals surface area contributed by atoms with Gasteiger partial charge in [0.15, 0.2) is 0 Å². The van der Waals surface area contributed by atoms with Gasteiger partial charge in [0.05, 0.1) is 6.04 Å². The summed E-state index contributed by atoms with van der Waals surface area (Å²) in [4.78, 5) is 63.1. The SMILES string of the molecule is CC(NC(=O)C(N)Cc1ccc(N(CCCl)CCCl)cc1)C(=O)NCCCC(O)(P(=O)(O)O)P(=O)(O)O. The molecule has 0 radical (unpaired) electrons. The summed E-state index contributed by atoms with van der Waals surface area (Å²) in [7, 11) is -11.1. The van der Waals surface area contributed by atoms with E-state index in [0.29, 0.717) is 24.8 Å². The Bertz CT molecular complexity index is 963. The molecule has 17 heteroatoms. The molecule has 0 saturated heterocycles. The first kappa shape index (κ1) is 33.8. The van der Waals surface area contributed by atoms with Gasteiger partial charge in [-0.2, -0.15) is 0 Å². The van der Waals surface area contributed by atoms with Crippen molar-refractivity contribution in [2.45, 2.75) is 43.4 Å². The van der Waals surface area contributed by atoms with Gasteiger partial charge in [-0.3, -0.25) is 18.7 Å². The lowest BCUT2D eigenvalue weighted by molar-refractivity contribution is -0.129. The first-order valence-corrected chi connectivity index (χ1v) is 15.5. The first-order valence-electron chi connectivity index (χ1n) is 11.2. The third-order valence-electron chi connectivity index (χ3n) is 5.48. The zero-order valence-corrected chi connectivity index (χ0v) is 23.5. The molecule has 0 aliphatic carbocycles. The van der Waals surface area contributed by atoms with Gasteiger partial charge in [0.1, 0.15) is 6.04 Å². The number of aliphatic hydroxyl groups is 1. The number of rotatable bonds is 16. The Morgan fingerprint density at radius 3 is 2.00 bits per heavy atom. The van der Waals surface area contributed by atoms with E-state index in [1.807, 2.05) is 29.2 Å². The largest absolute Gasteiger partial charge is 0.369 e. The highest BCUT2D eigenvalue weighted by atomic mass is 35.5. The van der Waals surface area contributed by atoms with Crippen LogP contribution in [-0.4, -0.2) is 85.1 Å². The van der Waals surface area contributed by atoms with Crippen LogP contribution in [-0.2, 0) is 25.1 Å². The molecular formula is C20H34Cl2N4O9P2. The van der Waals surface area contributed by atoms with E-state index in [1.54, 1.807) is 0 Å². The highest BCUT2D eigenvalue weighted by molar-refractivity contribution is 7.72. The van der Waals surface area contributed by atoms with Crippen molar-refractivity contribution in [2.75, 3.05) is 36.3 Å². The molecule has 1 aromatic carbocycles. The summed E-state index contributed by atoms with van der Waals surface area (Å²) in [6.45, 7) is 2.37. The number of alkyl halides is 2. The molecule has 37 heavy (non-hydrogen) atoms. The highest BCUT2D eigenvalue weighted by Crippen LogP contribution is 2.69. The number of nitrogens with two attached hydrogens (primary N) is 1. The molecule has 9 N–H and O–H groups in total. The van der Waals surface area contributed by atoms with Crippen molar-refractivity contribution in [2.24, 2.45) is 5.73 Å². The van der Waals surface area contributed by atoms with E-state index in [0.717, 1.165) is 11.3 Å². The maximum atomic E-state index is 12.4. The van der Waals surface area contributed by atoms with E-state index in [4.69, 9.17) is 48.5 Å². The van der Waals surface area contributed by atoms with Crippen LogP contribution in [0.25, 0.3) is 0 Å². The van der Waals surface area contributed by atoms with Gasteiger partial charge in [0.2, 0.25) is 11.8 Å². The molecule has 0 aromatic heterocycles. The summed E-state index contributed by atoms with van der Waals surface area (Å²) in [5.74, 6) is -0.369. The lowest BCUT2D eigenvalue weighted by Crippen LogP contribution is -2.51. The number of hydrogen-bond donors (Lipinski definition) is 8. The smallest absolute Gasteiger partial charge is 0.369 e. The van der Waals surface area contributed by atoms with Crippen LogP contribution in [0.4, 0.5) is 5.69 Å². The summed E-state index contributed by atoms with van der Waals surface area (Å²) in [5, 5.41) is 11.1. The Balaban J connectivity index is 2.57. The van der Waals surface area contributed by atoms with Crippen LogP contribution in [0.3, 0.4) is 0 Å². The van der Waals surface area contributed by atoms with Crippen LogP contribution >= 0.6 is 38.4 Å². The van der Waals surface area contributed by atoms with Gasteiger partial charge >= 0.3 is 15.2 Å². The van der Waals surface area contributed by atoms with Crippen LogP contribution < -0.4 is 21.3 Å². The van der Waals surface area contributed by atoms with Gasteiger partial charge in [0, 0.05) is 43.5 Å². The van der Waals surface area contributed by atoms with E-state index >= 15 is 0 Å². The summed E-state index contributed by atoms with van der Waals surface area (Å²) >= 11 is 11.7. The number of anilines is 1. The molecule has 0 aliphatic heterocycles. The van der Waals surface area contributed by atoms with Crippen LogP contribution in [0.5, 0.6) is 0 Å². The summed E-state index contributed by atoms with van der Waals surface area (Å²) in [6.07, 6.45) is -1.13. The molecule has 212 valence electrons. The van der Waals surface area contributed by atoms with Gasteiger partial charge in [0.25, 0.3) is 5.08 Å². The Labute approximate surface area is 225 Å². The van der Waals surface area contributed by atoms with Crippen molar-refractivity contribution in [1.82, 2.24) is 10.6 Å². The normalized spacial score (nSPS) is 14.1. The number of carbonyl (C=O) groups is 2. The standard InChI is InChI=1S/C20H34Cl2N4O9P2/c1-14(18(27)24-10-2-7-20(29,36(30,31)32)37(33,34)35)25-19(28)17(23)13-15-3-5-16(6-4-15)26(11-8-21)12-9-22/h3-6,14,17,29H,2,7-13,23H2,1H3,(H,24,27)(H,25,28)(H2,30,31,32)(H2,33,34,35). The second-order valence-electron chi connectivity index (χ2n) is 8.33. The van der Waals surface area contributed by atoms with E-state index in [1.165, 1.54) is 6.92 Å². The van der Waals surface area contributed by atoms with Crippen molar-refractivity contribution in [3.8, 4) is 0 Å². The molecule has 1 aromatic rings. The number of nitrogens with zero attached hydrogens (tertiary/aromatic N) is 1. The fourth-order valence-electron chi connectivity index (χ4n) is 3.30. The minimum atomic E-state index is -5.57. The van der Waals surface area contributed by atoms with Crippen LogP contribution in [0.15, 0.2) is 24.3 Å².